The molecule has 3 N–H and O–H groups in total. The molecule has 0 aliphatic rings. The van der Waals surface area contributed by atoms with E-state index in [0.717, 1.165) is 29.3 Å². The molecule has 0 aliphatic carbocycles. The van der Waals surface area contributed by atoms with Crippen LogP contribution in [0.4, 0.5) is 0 Å². The SMILES string of the molecule is CCC(NCC(O)C(CC)CC)c1cc(Br)ccc1O. The molecule has 0 saturated carbocycles. The Hall–Kier alpha value is -0.580. The lowest BCUT2D eigenvalue weighted by Crippen LogP contribution is -2.34. The van der Waals surface area contributed by atoms with E-state index in [1.54, 1.807) is 6.07 Å². The summed E-state index contributed by atoms with van der Waals surface area (Å²) in [7, 11) is 0. The summed E-state index contributed by atoms with van der Waals surface area (Å²) in [5, 5.41) is 23.5. The van der Waals surface area contributed by atoms with E-state index in [0.29, 0.717) is 18.2 Å². The van der Waals surface area contributed by atoms with Crippen LogP contribution in [-0.2, 0) is 0 Å². The van der Waals surface area contributed by atoms with E-state index in [-0.39, 0.29) is 12.1 Å². The maximum Gasteiger partial charge on any atom is 0.120 e. The van der Waals surface area contributed by atoms with Gasteiger partial charge in [0.1, 0.15) is 5.75 Å². The summed E-state index contributed by atoms with van der Waals surface area (Å²) in [5.74, 6) is 0.626. The van der Waals surface area contributed by atoms with Gasteiger partial charge in [0, 0.05) is 22.6 Å². The first kappa shape index (κ1) is 17.5. The van der Waals surface area contributed by atoms with Gasteiger partial charge < -0.3 is 15.5 Å². The van der Waals surface area contributed by atoms with Crippen LogP contribution in [0.3, 0.4) is 0 Å². The molecule has 0 radical (unpaired) electrons. The fourth-order valence-electron chi connectivity index (χ4n) is 2.54. The van der Waals surface area contributed by atoms with Crippen LogP contribution in [0.5, 0.6) is 5.75 Å². The molecule has 0 bridgehead atoms. The molecule has 1 aromatic carbocycles. The molecule has 0 aliphatic heterocycles. The van der Waals surface area contributed by atoms with Gasteiger partial charge >= 0.3 is 0 Å². The first-order valence-corrected chi connectivity index (χ1v) is 8.22. The van der Waals surface area contributed by atoms with Gasteiger partial charge in [-0.1, -0.05) is 49.5 Å². The van der Waals surface area contributed by atoms with E-state index in [2.05, 4.69) is 42.0 Å². The van der Waals surface area contributed by atoms with Gasteiger partial charge in [-0.3, -0.25) is 0 Å². The van der Waals surface area contributed by atoms with Gasteiger partial charge in [0.25, 0.3) is 0 Å². The minimum atomic E-state index is -0.339. The van der Waals surface area contributed by atoms with E-state index >= 15 is 0 Å². The highest BCUT2D eigenvalue weighted by molar-refractivity contribution is 9.10. The molecule has 0 saturated heterocycles. The predicted octanol–water partition coefficient (Wildman–Crippen LogP) is 3.99. The minimum absolute atomic E-state index is 0.0523. The minimum Gasteiger partial charge on any atom is -0.508 e. The van der Waals surface area contributed by atoms with Crippen LogP contribution in [0.1, 0.15) is 51.6 Å². The van der Waals surface area contributed by atoms with Gasteiger partial charge in [0.15, 0.2) is 0 Å². The van der Waals surface area contributed by atoms with Gasteiger partial charge in [-0.05, 0) is 30.5 Å². The van der Waals surface area contributed by atoms with E-state index < -0.39 is 0 Å². The van der Waals surface area contributed by atoms with Crippen molar-refractivity contribution in [2.24, 2.45) is 5.92 Å². The van der Waals surface area contributed by atoms with Crippen molar-refractivity contribution in [1.82, 2.24) is 5.32 Å². The predicted molar refractivity (Wildman–Crippen MR) is 86.9 cm³/mol. The second-order valence-corrected chi connectivity index (χ2v) is 6.13. The third-order valence-electron chi connectivity index (χ3n) is 3.94. The van der Waals surface area contributed by atoms with Crippen molar-refractivity contribution in [3.63, 3.8) is 0 Å². The summed E-state index contributed by atoms with van der Waals surface area (Å²) in [5.41, 5.74) is 0.874. The Morgan fingerprint density at radius 1 is 1.15 bits per heavy atom. The summed E-state index contributed by atoms with van der Waals surface area (Å²) in [6, 6.07) is 5.50. The largest absolute Gasteiger partial charge is 0.508 e. The second-order valence-electron chi connectivity index (χ2n) is 5.22. The highest BCUT2D eigenvalue weighted by Gasteiger charge is 2.19. The van der Waals surface area contributed by atoms with Crippen molar-refractivity contribution in [3.05, 3.63) is 28.2 Å². The lowest BCUT2D eigenvalue weighted by Gasteiger charge is -2.24. The number of aliphatic hydroxyl groups excluding tert-OH is 1. The first-order chi connectivity index (χ1) is 9.53. The number of hydrogen-bond donors (Lipinski definition) is 3. The fraction of sp³-hybridized carbons (Fsp3) is 0.625. The van der Waals surface area contributed by atoms with Crippen molar-refractivity contribution in [3.8, 4) is 5.75 Å². The molecule has 0 spiro atoms. The van der Waals surface area contributed by atoms with Crippen molar-refractivity contribution < 1.29 is 10.2 Å². The molecule has 4 heteroatoms. The molecule has 2 atom stereocenters. The van der Waals surface area contributed by atoms with Crippen LogP contribution in [-0.4, -0.2) is 22.9 Å². The number of hydrogen-bond acceptors (Lipinski definition) is 3. The Morgan fingerprint density at radius 3 is 2.35 bits per heavy atom. The van der Waals surface area contributed by atoms with Crippen LogP contribution < -0.4 is 5.32 Å². The molecule has 20 heavy (non-hydrogen) atoms. The van der Waals surface area contributed by atoms with Crippen LogP contribution >= 0.6 is 15.9 Å². The monoisotopic (exact) mass is 343 g/mol. The molecule has 0 aromatic heterocycles. The number of benzene rings is 1. The highest BCUT2D eigenvalue weighted by atomic mass is 79.9. The topological polar surface area (TPSA) is 52.5 Å². The standard InChI is InChI=1S/C16H26BrNO2/c1-4-11(5-2)16(20)10-18-14(6-3)13-9-12(17)7-8-15(13)19/h7-9,11,14,16,18-20H,4-6,10H2,1-3H3. The molecule has 1 aromatic rings. The van der Waals surface area contributed by atoms with Crippen LogP contribution in [0.15, 0.2) is 22.7 Å². The smallest absolute Gasteiger partial charge is 0.120 e. The second kappa shape index (κ2) is 8.65. The van der Waals surface area contributed by atoms with Gasteiger partial charge in [0.05, 0.1) is 6.10 Å². The number of phenols is 1. The lowest BCUT2D eigenvalue weighted by molar-refractivity contribution is 0.0979. The zero-order chi connectivity index (χ0) is 15.1. The van der Waals surface area contributed by atoms with E-state index in [4.69, 9.17) is 0 Å². The summed E-state index contributed by atoms with van der Waals surface area (Å²) < 4.78 is 0.950. The number of rotatable bonds is 8. The third kappa shape index (κ3) is 4.76. The summed E-state index contributed by atoms with van der Waals surface area (Å²) in [6.45, 7) is 6.84. The van der Waals surface area contributed by atoms with Crippen molar-refractivity contribution in [2.75, 3.05) is 6.54 Å². The number of aliphatic hydroxyl groups is 1. The summed E-state index contributed by atoms with van der Waals surface area (Å²) >= 11 is 3.43. The third-order valence-corrected chi connectivity index (χ3v) is 4.43. The number of nitrogens with one attached hydrogen (secondary N) is 1. The maximum atomic E-state index is 10.2. The van der Waals surface area contributed by atoms with E-state index in [1.807, 2.05) is 12.1 Å². The molecular formula is C16H26BrNO2. The average Bonchev–Trinajstić information content (AvgIpc) is 2.44. The lowest BCUT2D eigenvalue weighted by atomic mass is 9.95. The Balaban J connectivity index is 2.70. The molecule has 0 heterocycles. The Kier molecular flexibility index (Phi) is 7.56. The molecular weight excluding hydrogens is 318 g/mol. The molecule has 114 valence electrons. The van der Waals surface area contributed by atoms with Crippen LogP contribution in [0.25, 0.3) is 0 Å². The molecule has 2 unspecified atom stereocenters. The Labute approximate surface area is 130 Å². The van der Waals surface area contributed by atoms with E-state index in [9.17, 15) is 10.2 Å². The van der Waals surface area contributed by atoms with Gasteiger partial charge in [0.2, 0.25) is 0 Å². The summed E-state index contributed by atoms with van der Waals surface area (Å²) in [6.07, 6.45) is 2.49. The van der Waals surface area contributed by atoms with Gasteiger partial charge in [-0.2, -0.15) is 0 Å². The van der Waals surface area contributed by atoms with Crippen molar-refractivity contribution >= 4 is 15.9 Å². The molecule has 3 nitrogen and oxygen atoms in total. The highest BCUT2D eigenvalue weighted by Crippen LogP contribution is 2.29. The number of aromatic hydroxyl groups is 1. The van der Waals surface area contributed by atoms with Gasteiger partial charge in [-0.15, -0.1) is 0 Å². The quantitative estimate of drug-likeness (QED) is 0.668. The van der Waals surface area contributed by atoms with Gasteiger partial charge in [-0.25, -0.2) is 0 Å². The fourth-order valence-corrected chi connectivity index (χ4v) is 2.92. The van der Waals surface area contributed by atoms with Crippen molar-refractivity contribution in [2.45, 2.75) is 52.2 Å². The normalized spacial score (nSPS) is 14.5. The molecule has 1 rings (SSSR count). The molecule has 0 amide bonds. The number of phenolic OH excluding ortho intramolecular Hbond substituents is 1. The summed E-state index contributed by atoms with van der Waals surface area (Å²) in [4.78, 5) is 0. The van der Waals surface area contributed by atoms with Crippen molar-refractivity contribution in [1.29, 1.82) is 0 Å². The Morgan fingerprint density at radius 2 is 1.80 bits per heavy atom. The van der Waals surface area contributed by atoms with Crippen LogP contribution in [0.2, 0.25) is 0 Å². The van der Waals surface area contributed by atoms with Crippen LogP contribution in [0, 0.1) is 5.92 Å². The first-order valence-electron chi connectivity index (χ1n) is 7.43. The zero-order valence-corrected chi connectivity index (χ0v) is 14.2. The average molecular weight is 344 g/mol. The Bertz CT molecular complexity index is 407. The maximum absolute atomic E-state index is 10.2. The zero-order valence-electron chi connectivity index (χ0n) is 12.6. The molecule has 0 fully saturated rings. The number of halogens is 1. The van der Waals surface area contributed by atoms with E-state index in [1.165, 1.54) is 0 Å².